The Bertz CT molecular complexity index is 607. The lowest BCUT2D eigenvalue weighted by molar-refractivity contribution is 0.0594. The lowest BCUT2D eigenvalue weighted by Gasteiger charge is -2.17. The number of benzene rings is 1. The molecule has 112 valence electrons. The number of hydrogen-bond donors (Lipinski definition) is 1. The number of aromatic amines is 1. The van der Waals surface area contributed by atoms with E-state index in [9.17, 15) is 4.79 Å². The summed E-state index contributed by atoms with van der Waals surface area (Å²) in [6.45, 7) is 2.12. The second kappa shape index (κ2) is 6.92. The number of para-hydroxylation sites is 1. The van der Waals surface area contributed by atoms with Crippen LogP contribution in [0.3, 0.4) is 0 Å². The summed E-state index contributed by atoms with van der Waals surface area (Å²) in [6.07, 6.45) is 3.42. The summed E-state index contributed by atoms with van der Waals surface area (Å²) in [6, 6.07) is 7.87. The number of nitrogens with zero attached hydrogens (tertiary/aromatic N) is 1. The number of carbonyl (C=O) groups is 1. The number of carbonyl (C=O) groups excluding carboxylic acids is 1. The van der Waals surface area contributed by atoms with Gasteiger partial charge in [-0.3, -0.25) is 0 Å². The van der Waals surface area contributed by atoms with Gasteiger partial charge in [-0.1, -0.05) is 31.5 Å². The van der Waals surface area contributed by atoms with Gasteiger partial charge in [-0.25, -0.2) is 9.78 Å². The highest BCUT2D eigenvalue weighted by atomic mass is 16.5. The molecule has 0 fully saturated rings. The zero-order valence-corrected chi connectivity index (χ0v) is 12.6. The van der Waals surface area contributed by atoms with Crippen LogP contribution in [0, 0.1) is 0 Å². The fourth-order valence-corrected chi connectivity index (χ4v) is 2.41. The lowest BCUT2D eigenvalue weighted by atomic mass is 9.93. The van der Waals surface area contributed by atoms with Crippen molar-refractivity contribution in [2.75, 3.05) is 14.2 Å². The molecule has 0 aliphatic rings. The van der Waals surface area contributed by atoms with Crippen molar-refractivity contribution in [3.05, 3.63) is 47.5 Å². The zero-order chi connectivity index (χ0) is 15.2. The number of nitrogens with one attached hydrogen (secondary N) is 1. The third-order valence-corrected chi connectivity index (χ3v) is 3.42. The van der Waals surface area contributed by atoms with Gasteiger partial charge < -0.3 is 14.5 Å². The Balaban J connectivity index is 2.39. The molecule has 0 aliphatic carbocycles. The molecule has 1 heterocycles. The highest BCUT2D eigenvalue weighted by Crippen LogP contribution is 2.33. The van der Waals surface area contributed by atoms with Gasteiger partial charge in [-0.05, 0) is 12.5 Å². The van der Waals surface area contributed by atoms with Crippen LogP contribution in [0.15, 0.2) is 30.5 Å². The molecule has 1 unspecified atom stereocenters. The number of hydrogen-bond acceptors (Lipinski definition) is 4. The van der Waals surface area contributed by atoms with Crippen LogP contribution in [0.4, 0.5) is 0 Å². The quantitative estimate of drug-likeness (QED) is 0.829. The van der Waals surface area contributed by atoms with Crippen molar-refractivity contribution in [3.8, 4) is 5.75 Å². The third-order valence-electron chi connectivity index (χ3n) is 3.42. The molecule has 0 radical (unpaired) electrons. The molecule has 5 nitrogen and oxygen atoms in total. The Morgan fingerprint density at radius 2 is 2.10 bits per heavy atom. The number of imidazole rings is 1. The van der Waals surface area contributed by atoms with Crippen LogP contribution in [-0.2, 0) is 4.74 Å². The minimum atomic E-state index is -0.413. The van der Waals surface area contributed by atoms with Crippen molar-refractivity contribution in [2.24, 2.45) is 0 Å². The van der Waals surface area contributed by atoms with Gasteiger partial charge in [0, 0.05) is 11.5 Å². The molecule has 0 saturated heterocycles. The van der Waals surface area contributed by atoms with Gasteiger partial charge in [-0.2, -0.15) is 0 Å². The van der Waals surface area contributed by atoms with Crippen LogP contribution >= 0.6 is 0 Å². The Labute approximate surface area is 124 Å². The van der Waals surface area contributed by atoms with Crippen molar-refractivity contribution in [3.63, 3.8) is 0 Å². The summed E-state index contributed by atoms with van der Waals surface area (Å²) in [5.74, 6) is 1.22. The van der Waals surface area contributed by atoms with Gasteiger partial charge in [0.25, 0.3) is 0 Å². The molecule has 2 aromatic rings. The van der Waals surface area contributed by atoms with Crippen molar-refractivity contribution in [1.29, 1.82) is 0 Å². The Morgan fingerprint density at radius 1 is 1.33 bits per heavy atom. The number of esters is 1. The molecule has 0 spiro atoms. The molecule has 2 rings (SSSR count). The minimum Gasteiger partial charge on any atom is -0.496 e. The van der Waals surface area contributed by atoms with Crippen LogP contribution in [0.5, 0.6) is 5.75 Å². The molecule has 21 heavy (non-hydrogen) atoms. The van der Waals surface area contributed by atoms with Crippen molar-refractivity contribution in [2.45, 2.75) is 25.7 Å². The normalized spacial score (nSPS) is 12.0. The van der Waals surface area contributed by atoms with Crippen LogP contribution in [-0.4, -0.2) is 30.2 Å². The maximum atomic E-state index is 11.5. The fraction of sp³-hybridized carbons (Fsp3) is 0.375. The first-order valence-electron chi connectivity index (χ1n) is 6.97. The Morgan fingerprint density at radius 3 is 2.76 bits per heavy atom. The average Bonchev–Trinajstić information content (AvgIpc) is 3.01. The Hall–Kier alpha value is -2.30. The summed E-state index contributed by atoms with van der Waals surface area (Å²) >= 11 is 0. The van der Waals surface area contributed by atoms with Gasteiger partial charge in [0.2, 0.25) is 0 Å². The van der Waals surface area contributed by atoms with E-state index in [4.69, 9.17) is 9.47 Å². The lowest BCUT2D eigenvalue weighted by Crippen LogP contribution is -2.07. The first-order chi connectivity index (χ1) is 10.2. The molecule has 5 heteroatoms. The monoisotopic (exact) mass is 288 g/mol. The highest BCUT2D eigenvalue weighted by Gasteiger charge is 2.21. The number of rotatable bonds is 6. The van der Waals surface area contributed by atoms with Gasteiger partial charge in [0.1, 0.15) is 17.3 Å². The third kappa shape index (κ3) is 3.24. The summed E-state index contributed by atoms with van der Waals surface area (Å²) in [5.41, 5.74) is 1.43. The van der Waals surface area contributed by atoms with Crippen molar-refractivity contribution in [1.82, 2.24) is 9.97 Å². The molecule has 0 amide bonds. The second-order valence-electron chi connectivity index (χ2n) is 4.76. The second-order valence-corrected chi connectivity index (χ2v) is 4.76. The maximum Gasteiger partial charge on any atom is 0.356 e. The smallest absolute Gasteiger partial charge is 0.356 e. The van der Waals surface area contributed by atoms with E-state index in [1.807, 2.05) is 24.3 Å². The first-order valence-corrected chi connectivity index (χ1v) is 6.97. The zero-order valence-electron chi connectivity index (χ0n) is 12.6. The number of methoxy groups -OCH3 is 2. The number of ether oxygens (including phenoxy) is 2. The Kier molecular flexibility index (Phi) is 4.98. The van der Waals surface area contributed by atoms with E-state index in [0.717, 1.165) is 30.0 Å². The highest BCUT2D eigenvalue weighted by molar-refractivity contribution is 5.86. The van der Waals surface area contributed by atoms with E-state index in [0.29, 0.717) is 5.69 Å². The molecule has 1 aromatic heterocycles. The molecule has 0 bridgehead atoms. The summed E-state index contributed by atoms with van der Waals surface area (Å²) in [5, 5.41) is 0. The van der Waals surface area contributed by atoms with Gasteiger partial charge >= 0.3 is 5.97 Å². The van der Waals surface area contributed by atoms with E-state index in [-0.39, 0.29) is 5.92 Å². The molecule has 1 atom stereocenters. The van der Waals surface area contributed by atoms with Crippen LogP contribution < -0.4 is 4.74 Å². The summed E-state index contributed by atoms with van der Waals surface area (Å²) < 4.78 is 10.1. The van der Waals surface area contributed by atoms with E-state index in [1.165, 1.54) is 13.3 Å². The predicted molar refractivity (Wildman–Crippen MR) is 79.7 cm³/mol. The molecule has 0 aliphatic heterocycles. The van der Waals surface area contributed by atoms with Gasteiger partial charge in [0.05, 0.1) is 20.4 Å². The summed E-state index contributed by atoms with van der Waals surface area (Å²) in [4.78, 5) is 19.0. The van der Waals surface area contributed by atoms with E-state index < -0.39 is 5.97 Å². The molecule has 0 saturated carbocycles. The minimum absolute atomic E-state index is 0.0598. The average molecular weight is 288 g/mol. The molecular formula is C16H20N2O3. The summed E-state index contributed by atoms with van der Waals surface area (Å²) in [7, 11) is 3.01. The SMILES string of the molecule is CCCC(c1ncc(C(=O)OC)[nH]1)c1ccccc1OC. The fourth-order valence-electron chi connectivity index (χ4n) is 2.41. The first kappa shape index (κ1) is 15.1. The topological polar surface area (TPSA) is 64.2 Å². The van der Waals surface area contributed by atoms with Crippen molar-refractivity contribution >= 4 is 5.97 Å². The van der Waals surface area contributed by atoms with E-state index >= 15 is 0 Å². The van der Waals surface area contributed by atoms with Crippen molar-refractivity contribution < 1.29 is 14.3 Å². The molecule has 1 aromatic carbocycles. The number of aromatic nitrogens is 2. The van der Waals surface area contributed by atoms with Gasteiger partial charge in [0.15, 0.2) is 0 Å². The molecule has 1 N–H and O–H groups in total. The number of H-pyrrole nitrogens is 1. The molecular weight excluding hydrogens is 268 g/mol. The van der Waals surface area contributed by atoms with E-state index in [1.54, 1.807) is 7.11 Å². The predicted octanol–water partition coefficient (Wildman–Crippen LogP) is 3.14. The van der Waals surface area contributed by atoms with Crippen LogP contribution in [0.25, 0.3) is 0 Å². The maximum absolute atomic E-state index is 11.5. The van der Waals surface area contributed by atoms with Crippen LogP contribution in [0.2, 0.25) is 0 Å². The van der Waals surface area contributed by atoms with E-state index in [2.05, 4.69) is 16.9 Å². The van der Waals surface area contributed by atoms with Crippen LogP contribution in [0.1, 0.15) is 47.6 Å². The van der Waals surface area contributed by atoms with Gasteiger partial charge in [-0.15, -0.1) is 0 Å². The standard InChI is InChI=1S/C16H20N2O3/c1-4-7-12(11-8-5-6-9-14(11)20-2)15-17-10-13(18-15)16(19)21-3/h5-6,8-10,12H,4,7H2,1-3H3,(H,17,18). The largest absolute Gasteiger partial charge is 0.496 e.